The Morgan fingerprint density at radius 1 is 1.41 bits per heavy atom. The fourth-order valence-electron chi connectivity index (χ4n) is 1.87. The summed E-state index contributed by atoms with van der Waals surface area (Å²) >= 11 is 0. The molecule has 0 aromatic heterocycles. The first-order chi connectivity index (χ1) is 7.79. The molecule has 1 rings (SSSR count). The molecular weight excluding hydrogens is 218 g/mol. The van der Waals surface area contributed by atoms with Gasteiger partial charge < -0.3 is 14.4 Å². The van der Waals surface area contributed by atoms with Gasteiger partial charge in [0, 0.05) is 6.54 Å². The van der Waals surface area contributed by atoms with Crippen molar-refractivity contribution in [2.24, 2.45) is 0 Å². The zero-order valence-electron chi connectivity index (χ0n) is 11.7. The highest BCUT2D eigenvalue weighted by atomic mass is 16.6. The molecule has 0 aromatic carbocycles. The van der Waals surface area contributed by atoms with Gasteiger partial charge in [0.05, 0.1) is 18.8 Å². The van der Waals surface area contributed by atoms with Crippen LogP contribution in [0.3, 0.4) is 0 Å². The molecule has 1 unspecified atom stereocenters. The number of carbonyl (C=O) groups excluding carboxylic acids is 1. The van der Waals surface area contributed by atoms with Gasteiger partial charge in [-0.05, 0) is 47.5 Å². The maximum absolute atomic E-state index is 12.0. The van der Waals surface area contributed by atoms with Crippen LogP contribution >= 0.6 is 0 Å². The number of ether oxygens (including phenoxy) is 2. The summed E-state index contributed by atoms with van der Waals surface area (Å²) in [6.07, 6.45) is 2.03. The van der Waals surface area contributed by atoms with Gasteiger partial charge >= 0.3 is 6.09 Å². The minimum atomic E-state index is -0.427. The van der Waals surface area contributed by atoms with Crippen LogP contribution in [0.25, 0.3) is 0 Å². The van der Waals surface area contributed by atoms with Crippen LogP contribution in [0.5, 0.6) is 0 Å². The Kier molecular flexibility index (Phi) is 4.80. The van der Waals surface area contributed by atoms with Gasteiger partial charge in [-0.3, -0.25) is 0 Å². The molecule has 17 heavy (non-hydrogen) atoms. The van der Waals surface area contributed by atoms with Crippen molar-refractivity contribution in [1.29, 1.82) is 0 Å². The minimum Gasteiger partial charge on any atom is -0.444 e. The quantitative estimate of drug-likeness (QED) is 0.765. The highest BCUT2D eigenvalue weighted by Crippen LogP contribution is 2.21. The maximum Gasteiger partial charge on any atom is 0.410 e. The van der Waals surface area contributed by atoms with E-state index in [1.165, 1.54) is 0 Å². The molecular formula is C13H25NO3. The van der Waals surface area contributed by atoms with Crippen LogP contribution in [-0.4, -0.2) is 41.9 Å². The Labute approximate surface area is 104 Å². The third-order valence-electron chi connectivity index (χ3n) is 2.63. The van der Waals surface area contributed by atoms with E-state index in [0.29, 0.717) is 6.61 Å². The number of nitrogens with zero attached hydrogens (tertiary/aromatic N) is 1. The van der Waals surface area contributed by atoms with Gasteiger partial charge in [-0.25, -0.2) is 4.79 Å². The molecule has 0 saturated carbocycles. The third-order valence-corrected chi connectivity index (χ3v) is 2.63. The molecule has 4 heteroatoms. The number of rotatable bonds is 3. The van der Waals surface area contributed by atoms with Gasteiger partial charge in [-0.1, -0.05) is 0 Å². The zero-order chi connectivity index (χ0) is 13.1. The third kappa shape index (κ3) is 4.94. The van der Waals surface area contributed by atoms with E-state index in [-0.39, 0.29) is 18.2 Å². The predicted octanol–water partition coefficient (Wildman–Crippen LogP) is 2.81. The first-order valence-electron chi connectivity index (χ1n) is 6.41. The summed E-state index contributed by atoms with van der Waals surface area (Å²) in [5.41, 5.74) is -0.427. The molecule has 1 aliphatic rings. The van der Waals surface area contributed by atoms with E-state index in [9.17, 15) is 4.79 Å². The summed E-state index contributed by atoms with van der Waals surface area (Å²) in [5, 5.41) is 0. The van der Waals surface area contributed by atoms with E-state index in [0.717, 1.165) is 19.4 Å². The van der Waals surface area contributed by atoms with Crippen molar-refractivity contribution in [3.8, 4) is 0 Å². The van der Waals surface area contributed by atoms with E-state index in [1.807, 2.05) is 34.6 Å². The first-order valence-corrected chi connectivity index (χ1v) is 6.41. The van der Waals surface area contributed by atoms with Crippen LogP contribution in [0, 0.1) is 0 Å². The average molecular weight is 243 g/mol. The Bertz CT molecular complexity index is 258. The van der Waals surface area contributed by atoms with Gasteiger partial charge in [0.1, 0.15) is 5.60 Å². The zero-order valence-corrected chi connectivity index (χ0v) is 11.7. The lowest BCUT2D eigenvalue weighted by Crippen LogP contribution is -2.42. The van der Waals surface area contributed by atoms with Crippen molar-refractivity contribution in [3.05, 3.63) is 0 Å². The lowest BCUT2D eigenvalue weighted by atomic mass is 10.2. The number of carbonyl (C=O) groups is 1. The number of hydrogen-bond acceptors (Lipinski definition) is 3. The molecule has 1 fully saturated rings. The first kappa shape index (κ1) is 14.3. The molecule has 0 spiro atoms. The second-order valence-corrected chi connectivity index (χ2v) is 5.85. The van der Waals surface area contributed by atoms with Crippen molar-refractivity contribution in [2.75, 3.05) is 13.2 Å². The molecule has 1 atom stereocenters. The van der Waals surface area contributed by atoms with E-state index < -0.39 is 5.60 Å². The van der Waals surface area contributed by atoms with Crippen molar-refractivity contribution in [1.82, 2.24) is 4.90 Å². The summed E-state index contributed by atoms with van der Waals surface area (Å²) in [6, 6.07) is 0.173. The van der Waals surface area contributed by atoms with Crippen LogP contribution in [0.2, 0.25) is 0 Å². The summed E-state index contributed by atoms with van der Waals surface area (Å²) in [6.45, 7) is 11.1. The van der Waals surface area contributed by atoms with Crippen LogP contribution in [0.1, 0.15) is 47.5 Å². The SMILES string of the molecule is CC(C)OCC1CCCN1C(=O)OC(C)(C)C. The second-order valence-electron chi connectivity index (χ2n) is 5.85. The lowest BCUT2D eigenvalue weighted by Gasteiger charge is -2.28. The standard InChI is InChI=1S/C13H25NO3/c1-10(2)16-9-11-7-6-8-14(11)12(15)17-13(3,4)5/h10-11H,6-9H2,1-5H3. The van der Waals surface area contributed by atoms with E-state index in [1.54, 1.807) is 4.90 Å². The van der Waals surface area contributed by atoms with Crippen LogP contribution in [0.15, 0.2) is 0 Å². The molecule has 0 radical (unpaired) electrons. The maximum atomic E-state index is 12.0. The molecule has 100 valence electrons. The van der Waals surface area contributed by atoms with Crippen LogP contribution < -0.4 is 0 Å². The van der Waals surface area contributed by atoms with Crippen molar-refractivity contribution in [3.63, 3.8) is 0 Å². The Morgan fingerprint density at radius 2 is 2.06 bits per heavy atom. The molecule has 0 aliphatic carbocycles. The summed E-state index contributed by atoms with van der Waals surface area (Å²) in [4.78, 5) is 13.8. The molecule has 0 bridgehead atoms. The smallest absolute Gasteiger partial charge is 0.410 e. The minimum absolute atomic E-state index is 0.173. The predicted molar refractivity (Wildman–Crippen MR) is 67.1 cm³/mol. The summed E-state index contributed by atoms with van der Waals surface area (Å²) < 4.78 is 11.0. The van der Waals surface area contributed by atoms with Gasteiger partial charge in [-0.15, -0.1) is 0 Å². The van der Waals surface area contributed by atoms with Crippen molar-refractivity contribution >= 4 is 6.09 Å². The highest BCUT2D eigenvalue weighted by Gasteiger charge is 2.32. The fraction of sp³-hybridized carbons (Fsp3) is 0.923. The van der Waals surface area contributed by atoms with Crippen molar-refractivity contribution in [2.45, 2.75) is 65.2 Å². The molecule has 1 heterocycles. The largest absolute Gasteiger partial charge is 0.444 e. The van der Waals surface area contributed by atoms with Gasteiger partial charge in [0.2, 0.25) is 0 Å². The van der Waals surface area contributed by atoms with E-state index >= 15 is 0 Å². The monoisotopic (exact) mass is 243 g/mol. The Hall–Kier alpha value is -0.770. The Balaban J connectivity index is 2.48. The van der Waals surface area contributed by atoms with Crippen molar-refractivity contribution < 1.29 is 14.3 Å². The van der Waals surface area contributed by atoms with Crippen LogP contribution in [-0.2, 0) is 9.47 Å². The van der Waals surface area contributed by atoms with E-state index in [4.69, 9.17) is 9.47 Å². The van der Waals surface area contributed by atoms with Crippen LogP contribution in [0.4, 0.5) is 4.79 Å². The molecule has 1 saturated heterocycles. The Morgan fingerprint density at radius 3 is 2.59 bits per heavy atom. The fourth-order valence-corrected chi connectivity index (χ4v) is 1.87. The molecule has 0 aromatic rings. The summed E-state index contributed by atoms with van der Waals surface area (Å²) in [5.74, 6) is 0. The highest BCUT2D eigenvalue weighted by molar-refractivity contribution is 5.68. The molecule has 1 aliphatic heterocycles. The lowest BCUT2D eigenvalue weighted by molar-refractivity contribution is 0.00186. The topological polar surface area (TPSA) is 38.8 Å². The van der Waals surface area contributed by atoms with Gasteiger partial charge in [-0.2, -0.15) is 0 Å². The van der Waals surface area contributed by atoms with E-state index in [2.05, 4.69) is 0 Å². The number of likely N-dealkylation sites (tertiary alicyclic amines) is 1. The van der Waals surface area contributed by atoms with Gasteiger partial charge in [0.15, 0.2) is 0 Å². The second kappa shape index (κ2) is 5.71. The molecule has 1 amide bonds. The molecule has 4 nitrogen and oxygen atoms in total. The normalized spacial score (nSPS) is 21.1. The molecule has 0 N–H and O–H groups in total. The average Bonchev–Trinajstić information content (AvgIpc) is 2.59. The number of hydrogen-bond donors (Lipinski definition) is 0. The van der Waals surface area contributed by atoms with Gasteiger partial charge in [0.25, 0.3) is 0 Å². The number of amides is 1. The summed E-state index contributed by atoms with van der Waals surface area (Å²) in [7, 11) is 0.